The van der Waals surface area contributed by atoms with E-state index in [0.717, 1.165) is 16.8 Å². The van der Waals surface area contributed by atoms with Crippen LogP contribution in [0.1, 0.15) is 6.92 Å². The van der Waals surface area contributed by atoms with Crippen LogP contribution in [-0.2, 0) is 4.79 Å². The van der Waals surface area contributed by atoms with Gasteiger partial charge in [-0.3, -0.25) is 9.78 Å². The van der Waals surface area contributed by atoms with E-state index in [1.807, 2.05) is 78.9 Å². The van der Waals surface area contributed by atoms with Crippen molar-refractivity contribution in [2.75, 3.05) is 5.32 Å². The van der Waals surface area contributed by atoms with E-state index in [1.165, 1.54) is 0 Å². The monoisotopic (exact) mass is 436 g/mol. The van der Waals surface area contributed by atoms with Crippen molar-refractivity contribution in [1.82, 2.24) is 24.8 Å². The molecular formula is C25H20N6O2. The molecule has 162 valence electrons. The summed E-state index contributed by atoms with van der Waals surface area (Å²) in [4.78, 5) is 16.8. The van der Waals surface area contributed by atoms with Crippen molar-refractivity contribution in [3.8, 4) is 28.4 Å². The van der Waals surface area contributed by atoms with Crippen LogP contribution in [-0.4, -0.2) is 36.8 Å². The quantitative estimate of drug-likeness (QED) is 0.427. The van der Waals surface area contributed by atoms with E-state index >= 15 is 0 Å². The van der Waals surface area contributed by atoms with Crippen LogP contribution in [0.25, 0.3) is 28.3 Å². The first kappa shape index (κ1) is 20.3. The van der Waals surface area contributed by atoms with Gasteiger partial charge in [-0.25, -0.2) is 0 Å². The summed E-state index contributed by atoms with van der Waals surface area (Å²) in [6.07, 6.45) is 2.78. The SMILES string of the molecule is CC(Oc1ccccc1)C(=O)Nc1cccc(-c2ccc3nnc(-c4cccnc4)n3n2)c1. The van der Waals surface area contributed by atoms with Gasteiger partial charge < -0.3 is 10.1 Å². The van der Waals surface area contributed by atoms with Crippen molar-refractivity contribution in [3.63, 3.8) is 0 Å². The first-order chi connectivity index (χ1) is 16.2. The van der Waals surface area contributed by atoms with Gasteiger partial charge in [-0.05, 0) is 55.5 Å². The summed E-state index contributed by atoms with van der Waals surface area (Å²) in [5, 5.41) is 16.1. The lowest BCUT2D eigenvalue weighted by atomic mass is 10.1. The van der Waals surface area contributed by atoms with Crippen LogP contribution in [0.3, 0.4) is 0 Å². The van der Waals surface area contributed by atoms with Gasteiger partial charge in [-0.15, -0.1) is 10.2 Å². The molecule has 0 aliphatic heterocycles. The van der Waals surface area contributed by atoms with E-state index in [4.69, 9.17) is 9.84 Å². The van der Waals surface area contributed by atoms with Crippen LogP contribution in [0.2, 0.25) is 0 Å². The molecule has 0 bridgehead atoms. The van der Waals surface area contributed by atoms with E-state index in [1.54, 1.807) is 23.8 Å². The van der Waals surface area contributed by atoms with Gasteiger partial charge in [0, 0.05) is 29.2 Å². The molecule has 1 N–H and O–H groups in total. The van der Waals surface area contributed by atoms with Gasteiger partial charge in [0.15, 0.2) is 17.6 Å². The van der Waals surface area contributed by atoms with Crippen LogP contribution >= 0.6 is 0 Å². The van der Waals surface area contributed by atoms with Gasteiger partial charge in [-0.1, -0.05) is 30.3 Å². The lowest BCUT2D eigenvalue weighted by Gasteiger charge is -2.15. The molecule has 0 aliphatic rings. The number of anilines is 1. The van der Waals surface area contributed by atoms with Crippen molar-refractivity contribution in [3.05, 3.63) is 91.3 Å². The van der Waals surface area contributed by atoms with Gasteiger partial charge in [0.1, 0.15) is 5.75 Å². The minimum Gasteiger partial charge on any atom is -0.481 e. The Bertz CT molecular complexity index is 1400. The number of amides is 1. The molecule has 0 spiro atoms. The van der Waals surface area contributed by atoms with Crippen LogP contribution in [0, 0.1) is 0 Å². The standard InChI is InChI=1S/C25H20N6O2/c1-17(33-21-10-3-2-4-11-21)25(32)27-20-9-5-7-18(15-20)22-12-13-23-28-29-24(31(23)30-22)19-8-6-14-26-16-19/h2-17H,1H3,(H,27,32). The maximum atomic E-state index is 12.6. The summed E-state index contributed by atoms with van der Waals surface area (Å²) in [6, 6.07) is 24.2. The van der Waals surface area contributed by atoms with E-state index in [9.17, 15) is 4.79 Å². The topological polar surface area (TPSA) is 94.3 Å². The highest BCUT2D eigenvalue weighted by Crippen LogP contribution is 2.23. The number of rotatable bonds is 6. The van der Waals surface area contributed by atoms with Gasteiger partial charge >= 0.3 is 0 Å². The van der Waals surface area contributed by atoms with E-state index in [2.05, 4.69) is 20.5 Å². The zero-order valence-electron chi connectivity index (χ0n) is 17.8. The number of aromatic nitrogens is 5. The molecule has 0 aliphatic carbocycles. The Morgan fingerprint density at radius 1 is 0.939 bits per heavy atom. The smallest absolute Gasteiger partial charge is 0.265 e. The molecule has 3 aromatic heterocycles. The molecule has 1 atom stereocenters. The highest BCUT2D eigenvalue weighted by molar-refractivity contribution is 5.94. The third-order valence-corrected chi connectivity index (χ3v) is 5.03. The fraction of sp³-hybridized carbons (Fsp3) is 0.0800. The summed E-state index contributed by atoms with van der Waals surface area (Å²) in [5.41, 5.74) is 3.67. The van der Waals surface area contributed by atoms with Gasteiger partial charge in [0.25, 0.3) is 5.91 Å². The highest BCUT2D eigenvalue weighted by Gasteiger charge is 2.16. The molecule has 2 aromatic carbocycles. The Balaban J connectivity index is 1.38. The molecule has 1 unspecified atom stereocenters. The van der Waals surface area contributed by atoms with Gasteiger partial charge in [0.05, 0.1) is 5.69 Å². The van der Waals surface area contributed by atoms with Gasteiger partial charge in [0.2, 0.25) is 0 Å². The molecule has 3 heterocycles. The van der Waals surface area contributed by atoms with E-state index in [-0.39, 0.29) is 5.91 Å². The van der Waals surface area contributed by atoms with Crippen molar-refractivity contribution in [1.29, 1.82) is 0 Å². The van der Waals surface area contributed by atoms with Crippen molar-refractivity contribution < 1.29 is 9.53 Å². The molecule has 8 nitrogen and oxygen atoms in total. The first-order valence-corrected chi connectivity index (χ1v) is 10.4. The van der Waals surface area contributed by atoms with Crippen molar-refractivity contribution in [2.24, 2.45) is 0 Å². The number of carbonyl (C=O) groups is 1. The lowest BCUT2D eigenvalue weighted by molar-refractivity contribution is -0.122. The number of pyridine rings is 1. The molecule has 0 fully saturated rings. The fourth-order valence-electron chi connectivity index (χ4n) is 3.37. The minimum atomic E-state index is -0.649. The van der Waals surface area contributed by atoms with Gasteiger partial charge in [-0.2, -0.15) is 9.61 Å². The van der Waals surface area contributed by atoms with Crippen LogP contribution in [0.5, 0.6) is 5.75 Å². The van der Waals surface area contributed by atoms with E-state index in [0.29, 0.717) is 22.9 Å². The number of fused-ring (bicyclic) bond motifs is 1. The second-order valence-electron chi connectivity index (χ2n) is 7.40. The third-order valence-electron chi connectivity index (χ3n) is 5.03. The molecule has 8 heteroatoms. The summed E-state index contributed by atoms with van der Waals surface area (Å²) in [6.45, 7) is 1.72. The van der Waals surface area contributed by atoms with Crippen molar-refractivity contribution in [2.45, 2.75) is 13.0 Å². The predicted octanol–water partition coefficient (Wildman–Crippen LogP) is 4.26. The highest BCUT2D eigenvalue weighted by atomic mass is 16.5. The largest absolute Gasteiger partial charge is 0.481 e. The average molecular weight is 436 g/mol. The maximum Gasteiger partial charge on any atom is 0.265 e. The predicted molar refractivity (Wildman–Crippen MR) is 125 cm³/mol. The Kier molecular flexibility index (Phi) is 5.47. The molecule has 5 aromatic rings. The zero-order valence-corrected chi connectivity index (χ0v) is 17.8. The Labute approximate surface area is 189 Å². The minimum absolute atomic E-state index is 0.239. The Morgan fingerprint density at radius 2 is 1.79 bits per heavy atom. The Morgan fingerprint density at radius 3 is 2.61 bits per heavy atom. The first-order valence-electron chi connectivity index (χ1n) is 10.4. The number of para-hydroxylation sites is 1. The average Bonchev–Trinajstić information content (AvgIpc) is 3.29. The summed E-state index contributed by atoms with van der Waals surface area (Å²) in [5.74, 6) is 1.01. The fourth-order valence-corrected chi connectivity index (χ4v) is 3.37. The molecule has 33 heavy (non-hydrogen) atoms. The number of ether oxygens (including phenoxy) is 1. The lowest BCUT2D eigenvalue weighted by Crippen LogP contribution is -2.30. The summed E-state index contributed by atoms with van der Waals surface area (Å²) >= 11 is 0. The molecule has 5 rings (SSSR count). The number of hydrogen-bond acceptors (Lipinski definition) is 6. The Hall–Kier alpha value is -4.59. The van der Waals surface area contributed by atoms with E-state index < -0.39 is 6.10 Å². The second-order valence-corrected chi connectivity index (χ2v) is 7.40. The molecule has 0 saturated heterocycles. The number of benzene rings is 2. The van der Waals surface area contributed by atoms with Crippen LogP contribution in [0.15, 0.2) is 91.3 Å². The van der Waals surface area contributed by atoms with Crippen LogP contribution in [0.4, 0.5) is 5.69 Å². The van der Waals surface area contributed by atoms with Crippen LogP contribution < -0.4 is 10.1 Å². The normalized spacial score (nSPS) is 11.8. The summed E-state index contributed by atoms with van der Waals surface area (Å²) < 4.78 is 7.40. The summed E-state index contributed by atoms with van der Waals surface area (Å²) in [7, 11) is 0. The second kappa shape index (κ2) is 8.88. The molecule has 0 radical (unpaired) electrons. The number of nitrogens with one attached hydrogen (secondary N) is 1. The third kappa shape index (κ3) is 4.40. The van der Waals surface area contributed by atoms with Crippen molar-refractivity contribution >= 4 is 17.2 Å². The maximum absolute atomic E-state index is 12.6. The molecular weight excluding hydrogens is 416 g/mol. The molecule has 1 amide bonds. The number of carbonyl (C=O) groups excluding carboxylic acids is 1. The number of nitrogens with zero attached hydrogens (tertiary/aromatic N) is 5. The molecule has 0 saturated carbocycles. The zero-order chi connectivity index (χ0) is 22.6. The number of hydrogen-bond donors (Lipinski definition) is 1.